The molecular formula is C23H27N5O4. The minimum Gasteiger partial charge on any atom is -0.388 e. The number of likely N-dealkylation sites (N-methyl/N-ethyl adjacent to an activating group) is 1. The van der Waals surface area contributed by atoms with Crippen LogP contribution in [0.15, 0.2) is 42.9 Å². The molecule has 1 aliphatic carbocycles. The second kappa shape index (κ2) is 8.16. The third kappa shape index (κ3) is 3.62. The molecule has 3 N–H and O–H groups in total. The summed E-state index contributed by atoms with van der Waals surface area (Å²) in [5.41, 5.74) is 2.34. The maximum Gasteiger partial charge on any atom is 0.241 e. The molecule has 3 aromatic rings. The van der Waals surface area contributed by atoms with Gasteiger partial charge in [-0.3, -0.25) is 4.79 Å². The molecule has 4 atom stereocenters. The first-order valence-corrected chi connectivity index (χ1v) is 10.9. The van der Waals surface area contributed by atoms with Crippen LogP contribution in [0.2, 0.25) is 0 Å². The summed E-state index contributed by atoms with van der Waals surface area (Å²) in [5, 5.41) is 24.7. The van der Waals surface area contributed by atoms with Crippen LogP contribution in [0.1, 0.15) is 26.0 Å². The zero-order valence-corrected chi connectivity index (χ0v) is 18.0. The predicted octanol–water partition coefficient (Wildman–Crippen LogP) is 1.77. The van der Waals surface area contributed by atoms with Gasteiger partial charge in [-0.15, -0.1) is 0 Å². The number of anilines is 1. The SMILES string of the molecule is C[C@H]1O[C@@H](n2cc(-c3ccccc3)c3c(NCC(=O)N(C)C4CC4)ncnc32)[C@H](O)[C@@H]1O. The van der Waals surface area contributed by atoms with Gasteiger partial charge in [0.05, 0.1) is 18.0 Å². The Kier molecular flexibility index (Phi) is 5.32. The van der Waals surface area contributed by atoms with Crippen molar-refractivity contribution in [1.29, 1.82) is 0 Å². The van der Waals surface area contributed by atoms with Crippen LogP contribution in [0.25, 0.3) is 22.2 Å². The van der Waals surface area contributed by atoms with E-state index < -0.39 is 24.5 Å². The van der Waals surface area contributed by atoms with E-state index in [9.17, 15) is 15.0 Å². The molecule has 1 aromatic carbocycles. The number of carbonyl (C=O) groups is 1. The zero-order chi connectivity index (χ0) is 22.4. The number of aliphatic hydroxyl groups is 2. The van der Waals surface area contributed by atoms with Gasteiger partial charge in [-0.1, -0.05) is 30.3 Å². The summed E-state index contributed by atoms with van der Waals surface area (Å²) in [5.74, 6) is 0.540. The van der Waals surface area contributed by atoms with Gasteiger partial charge >= 0.3 is 0 Å². The Morgan fingerprint density at radius 3 is 2.62 bits per heavy atom. The Hall–Kier alpha value is -3.01. The lowest BCUT2D eigenvalue weighted by Gasteiger charge is -2.18. The fourth-order valence-electron chi connectivity index (χ4n) is 4.26. The van der Waals surface area contributed by atoms with Crippen LogP contribution in [0.5, 0.6) is 0 Å². The van der Waals surface area contributed by atoms with Crippen LogP contribution in [0.4, 0.5) is 5.82 Å². The van der Waals surface area contributed by atoms with Gasteiger partial charge in [0.1, 0.15) is 30.0 Å². The number of hydrogen-bond acceptors (Lipinski definition) is 7. The molecule has 1 saturated carbocycles. The molecule has 0 spiro atoms. The number of hydrogen-bond donors (Lipinski definition) is 3. The Labute approximate surface area is 185 Å². The minimum atomic E-state index is -1.09. The second-order valence-electron chi connectivity index (χ2n) is 8.54. The molecule has 2 fully saturated rings. The van der Waals surface area contributed by atoms with Crippen LogP contribution in [-0.4, -0.2) is 73.5 Å². The monoisotopic (exact) mass is 437 g/mol. The topological polar surface area (TPSA) is 113 Å². The average Bonchev–Trinajstić information content (AvgIpc) is 3.55. The molecule has 9 nitrogen and oxygen atoms in total. The molecule has 0 bridgehead atoms. The maximum absolute atomic E-state index is 12.6. The first-order valence-electron chi connectivity index (χ1n) is 10.9. The molecule has 2 aliphatic rings. The number of amides is 1. The number of ether oxygens (including phenoxy) is 1. The van der Waals surface area contributed by atoms with E-state index in [1.54, 1.807) is 16.4 Å². The highest BCUT2D eigenvalue weighted by atomic mass is 16.6. The summed E-state index contributed by atoms with van der Waals surface area (Å²) >= 11 is 0. The van der Waals surface area contributed by atoms with Crippen molar-refractivity contribution in [3.63, 3.8) is 0 Å². The number of rotatable bonds is 6. The first kappa shape index (κ1) is 20.9. The summed E-state index contributed by atoms with van der Waals surface area (Å²) in [4.78, 5) is 23.2. The number of carbonyl (C=O) groups excluding carboxylic acids is 1. The van der Waals surface area contributed by atoms with Gasteiger partial charge in [0.25, 0.3) is 0 Å². The zero-order valence-electron chi connectivity index (χ0n) is 18.0. The lowest BCUT2D eigenvalue weighted by Crippen LogP contribution is -2.34. The molecule has 2 aromatic heterocycles. The number of benzene rings is 1. The van der Waals surface area contributed by atoms with Crippen LogP contribution >= 0.6 is 0 Å². The molecule has 168 valence electrons. The van der Waals surface area contributed by atoms with Crippen molar-refractivity contribution in [1.82, 2.24) is 19.4 Å². The summed E-state index contributed by atoms with van der Waals surface area (Å²) in [6.07, 6.45) is 2.00. The van der Waals surface area contributed by atoms with E-state index in [4.69, 9.17) is 4.74 Å². The summed E-state index contributed by atoms with van der Waals surface area (Å²) in [6, 6.07) is 10.1. The van der Waals surface area contributed by atoms with Crippen molar-refractivity contribution in [3.8, 4) is 11.1 Å². The van der Waals surface area contributed by atoms with Gasteiger partial charge in [-0.25, -0.2) is 9.97 Å². The van der Waals surface area contributed by atoms with E-state index in [1.165, 1.54) is 6.33 Å². The molecule has 0 unspecified atom stereocenters. The molecule has 5 rings (SSSR count). The number of aliphatic hydroxyl groups excluding tert-OH is 2. The van der Waals surface area contributed by atoms with Gasteiger partial charge in [0.15, 0.2) is 6.23 Å². The molecule has 1 amide bonds. The Morgan fingerprint density at radius 2 is 1.97 bits per heavy atom. The van der Waals surface area contributed by atoms with Crippen molar-refractivity contribution in [3.05, 3.63) is 42.9 Å². The van der Waals surface area contributed by atoms with Crippen molar-refractivity contribution < 1.29 is 19.7 Å². The van der Waals surface area contributed by atoms with Gasteiger partial charge in [0.2, 0.25) is 5.91 Å². The van der Waals surface area contributed by atoms with Crippen molar-refractivity contribution in [2.45, 2.75) is 50.3 Å². The highest BCUT2D eigenvalue weighted by Gasteiger charge is 2.42. The lowest BCUT2D eigenvalue weighted by atomic mass is 10.1. The van der Waals surface area contributed by atoms with Gasteiger partial charge in [-0.2, -0.15) is 0 Å². The summed E-state index contributed by atoms with van der Waals surface area (Å²) in [6.45, 7) is 1.85. The Balaban J connectivity index is 1.56. The standard InChI is InChI=1S/C23H27N5O4/c1-13-19(30)20(31)23(32-13)28-11-16(14-6-4-3-5-7-14)18-21(25-12-26-22(18)28)24-10-17(29)27(2)15-8-9-15/h3-7,11-13,15,19-20,23,30-31H,8-10H2,1-2H3,(H,24,25,26)/t13-,19-,20-,23-/m1/s1. The maximum atomic E-state index is 12.6. The second-order valence-corrected chi connectivity index (χ2v) is 8.54. The van der Waals surface area contributed by atoms with Crippen molar-refractivity contribution >= 4 is 22.8 Å². The number of fused-ring (bicyclic) bond motifs is 1. The van der Waals surface area contributed by atoms with E-state index in [0.29, 0.717) is 17.5 Å². The number of nitrogens with one attached hydrogen (secondary N) is 1. The van der Waals surface area contributed by atoms with E-state index in [-0.39, 0.29) is 12.5 Å². The van der Waals surface area contributed by atoms with E-state index in [1.807, 2.05) is 43.6 Å². The van der Waals surface area contributed by atoms with Crippen LogP contribution in [0.3, 0.4) is 0 Å². The van der Waals surface area contributed by atoms with Gasteiger partial charge in [0, 0.05) is 24.8 Å². The molecule has 0 radical (unpaired) electrons. The molecule has 3 heterocycles. The highest BCUT2D eigenvalue weighted by molar-refractivity contribution is 6.02. The molecule has 1 aliphatic heterocycles. The summed E-state index contributed by atoms with van der Waals surface area (Å²) in [7, 11) is 1.83. The quantitative estimate of drug-likeness (QED) is 0.539. The molecule has 1 saturated heterocycles. The number of nitrogens with zero attached hydrogens (tertiary/aromatic N) is 4. The highest BCUT2D eigenvalue weighted by Crippen LogP contribution is 2.38. The van der Waals surface area contributed by atoms with E-state index >= 15 is 0 Å². The minimum absolute atomic E-state index is 0.00597. The van der Waals surface area contributed by atoms with E-state index in [2.05, 4.69) is 15.3 Å². The third-order valence-corrected chi connectivity index (χ3v) is 6.34. The fraction of sp³-hybridized carbons (Fsp3) is 0.435. The van der Waals surface area contributed by atoms with Crippen LogP contribution in [0, 0.1) is 0 Å². The largest absolute Gasteiger partial charge is 0.388 e. The van der Waals surface area contributed by atoms with Gasteiger partial charge < -0.3 is 29.7 Å². The van der Waals surface area contributed by atoms with Crippen LogP contribution in [-0.2, 0) is 9.53 Å². The normalized spacial score (nSPS) is 25.2. The number of aromatic nitrogens is 3. The Bertz CT molecular complexity index is 1130. The molecule has 9 heteroatoms. The first-order chi connectivity index (χ1) is 15.5. The molecular weight excluding hydrogens is 410 g/mol. The van der Waals surface area contributed by atoms with Gasteiger partial charge in [-0.05, 0) is 25.3 Å². The third-order valence-electron chi connectivity index (χ3n) is 6.34. The van der Waals surface area contributed by atoms with Crippen LogP contribution < -0.4 is 5.32 Å². The van der Waals surface area contributed by atoms with Crippen molar-refractivity contribution in [2.24, 2.45) is 0 Å². The van der Waals surface area contributed by atoms with Crippen molar-refractivity contribution in [2.75, 3.05) is 18.9 Å². The fourth-order valence-corrected chi connectivity index (χ4v) is 4.26. The van der Waals surface area contributed by atoms with E-state index in [0.717, 1.165) is 29.4 Å². The lowest BCUT2D eigenvalue weighted by molar-refractivity contribution is -0.128. The average molecular weight is 438 g/mol. The Morgan fingerprint density at radius 1 is 1.22 bits per heavy atom. The predicted molar refractivity (Wildman–Crippen MR) is 119 cm³/mol. The smallest absolute Gasteiger partial charge is 0.241 e. The molecule has 32 heavy (non-hydrogen) atoms. The summed E-state index contributed by atoms with van der Waals surface area (Å²) < 4.78 is 7.59.